The molecule has 0 radical (unpaired) electrons. The molecule has 1 aliphatic rings. The normalized spacial score (nSPS) is 15.6. The fourth-order valence-corrected chi connectivity index (χ4v) is 21.9. The van der Waals surface area contributed by atoms with Crippen molar-refractivity contribution in [3.63, 3.8) is 0 Å². The van der Waals surface area contributed by atoms with Gasteiger partial charge in [-0.3, -0.25) is 24.0 Å². The summed E-state index contributed by atoms with van der Waals surface area (Å²) in [6.07, 6.45) is -2.56. The molecule has 0 spiro atoms. The van der Waals surface area contributed by atoms with Crippen LogP contribution in [-0.4, -0.2) is 293 Å². The summed E-state index contributed by atoms with van der Waals surface area (Å²) in [5, 5.41) is 94.3. The predicted octanol–water partition coefficient (Wildman–Crippen LogP) is -0.503. The number of carboxylic acids is 7. The largest absolute Gasteiger partial charge is 0.0625 e. The van der Waals surface area contributed by atoms with E-state index in [9.17, 15) is 107 Å². The Kier molecular flexibility index (Phi) is 40.3. The molecule has 608 valence electrons. The standard InChI is InChI=1S/C65H109N14O25P3Si/c1-64(2,3)108(65(4,5)6)44-14-12-42(13-15-44)57(90)69-37-49(79-38-43(74-75-79)36-68-52(82)23-34-106(101,102)40-77-29-27-76(39-105-33-22-55(86)87)28-30-78(32-31-77)41-107(103,104)35-24-56(88)89)58(91)71-46(60(94)95)10-7-8-25-66-50(80)19-20-51(81)67-26-9-11-45(59(92)93)70-53(83)18-16-47(61(96)97)72-63(100)73-48(62(98)99)17-21-54(84)85/h12-15,38,45-49,101-102,105-106,108H,7-11,16-37,39-41H2,1-6H3,(H,66,80)(H,67,81)(H,68,82)(H,69,90)(H,70,83)(H,71,91)(H,84,85)(H,86,87)(H,88,89)(H,92,93)(H,94,95)(H,96,97)(H,98,99)(H,103,104)(H2,72,73,100)/t45-,46-,47-,48-,49+/m0/s1. The minimum Gasteiger partial charge on any atom is -0.0625 e. The SMILES string of the molecule is CC(C)(C)[SiH](c1ccc(C(=O)NC[C@H](C(=O)N[C@@H](CCCCNC(=O)CCC(=O)NCCC[C@H](NC(=O)CC[C@H](NC(=O)N[C@@H](CCC(=O)O)C(=O)O)C(=O)O)C(=O)O)C(=O)O)n2cc(CNC(=O)CC[PH](O)(O)CN3CCN(CPCCC(=O)O)CCN(CP(=O)(O)CCC(=O)O)CC3)nn2)cc1)C(C)(C)C. The zero-order chi connectivity index (χ0) is 81.1. The topological polar surface area (TPSA) is 595 Å². The third-order valence-electron chi connectivity index (χ3n) is 17.3. The maximum atomic E-state index is 14.2. The van der Waals surface area contributed by atoms with Crippen molar-refractivity contribution < 1.29 is 122 Å². The monoisotopic (exact) mass is 1610 g/mol. The fraction of sp³-hybridized carbons (Fsp3) is 0.662. The van der Waals surface area contributed by atoms with Crippen LogP contribution in [0.5, 0.6) is 0 Å². The van der Waals surface area contributed by atoms with Crippen LogP contribution in [0.3, 0.4) is 0 Å². The molecule has 1 fully saturated rings. The Hall–Kier alpha value is -8.19. The average Bonchev–Trinajstić information content (AvgIpc) is 0.946. The van der Waals surface area contributed by atoms with Crippen molar-refractivity contribution in [3.8, 4) is 0 Å². The number of amides is 8. The molecule has 0 aliphatic carbocycles. The van der Waals surface area contributed by atoms with Crippen molar-refractivity contribution in [1.29, 1.82) is 0 Å². The number of carboxylic acid groups (broad SMARTS) is 7. The summed E-state index contributed by atoms with van der Waals surface area (Å²) in [5.41, 5.74) is 0.401. The minimum atomic E-state index is -4.17. The number of aromatic nitrogens is 3. The molecule has 8 amide bonds. The Labute approximate surface area is 628 Å². The number of hydrogen-bond donors (Lipinski definition) is 18. The van der Waals surface area contributed by atoms with Crippen LogP contribution < -0.4 is 47.7 Å². The average molecular weight is 1610 g/mol. The van der Waals surface area contributed by atoms with E-state index in [1.807, 2.05) is 22.8 Å². The second-order valence-electron chi connectivity index (χ2n) is 28.7. The van der Waals surface area contributed by atoms with E-state index >= 15 is 0 Å². The number of aliphatic carboxylic acids is 7. The molecule has 0 saturated carbocycles. The van der Waals surface area contributed by atoms with Gasteiger partial charge in [0.1, 0.15) is 18.1 Å². The Morgan fingerprint density at radius 3 is 1.58 bits per heavy atom. The third-order valence-corrected chi connectivity index (χ3v) is 26.8. The van der Waals surface area contributed by atoms with Gasteiger partial charge in [-0.2, -0.15) is 0 Å². The number of nitrogens with one attached hydrogen (secondary N) is 8. The zero-order valence-electron chi connectivity index (χ0n) is 61.8. The van der Waals surface area contributed by atoms with E-state index in [0.717, 1.165) is 9.87 Å². The molecule has 7 atom stereocenters. The summed E-state index contributed by atoms with van der Waals surface area (Å²) in [6.45, 7) is 14.5. The molecule has 1 aromatic carbocycles. The number of hydrogen-bond acceptors (Lipinski definition) is 22. The summed E-state index contributed by atoms with van der Waals surface area (Å²) < 4.78 is 14.1. The molecule has 39 nitrogen and oxygen atoms in total. The van der Waals surface area contributed by atoms with Gasteiger partial charge in [-0.15, -0.1) is 0 Å². The molecular weight excluding hydrogens is 1500 g/mol. The van der Waals surface area contributed by atoms with Crippen LogP contribution >= 0.6 is 23.7 Å². The minimum absolute atomic E-state index is 0.000372. The van der Waals surface area contributed by atoms with Crippen LogP contribution in [0.4, 0.5) is 4.79 Å². The van der Waals surface area contributed by atoms with Gasteiger partial charge in [-0.25, -0.2) is 24.0 Å². The number of nitrogens with zero attached hydrogens (tertiary/aromatic N) is 6. The van der Waals surface area contributed by atoms with E-state index in [4.69, 9.17) is 15.3 Å². The second-order valence-corrected chi connectivity index (χ2v) is 40.2. The van der Waals surface area contributed by atoms with E-state index in [-0.39, 0.29) is 139 Å². The molecule has 1 aliphatic heterocycles. The number of unbranched alkanes of at least 4 members (excludes halogenated alkanes) is 1. The predicted molar refractivity (Wildman–Crippen MR) is 398 cm³/mol. The number of urea groups is 1. The first kappa shape index (κ1) is 94.0. The summed E-state index contributed by atoms with van der Waals surface area (Å²) in [6, 6.07) is -1.83. The molecule has 1 aromatic heterocycles. The van der Waals surface area contributed by atoms with E-state index in [1.54, 1.807) is 21.9 Å². The van der Waals surface area contributed by atoms with Gasteiger partial charge in [0.15, 0.2) is 0 Å². The van der Waals surface area contributed by atoms with Gasteiger partial charge in [0, 0.05) is 44.3 Å². The van der Waals surface area contributed by atoms with Crippen molar-refractivity contribution in [2.45, 2.75) is 178 Å². The van der Waals surface area contributed by atoms with Crippen molar-refractivity contribution in [3.05, 3.63) is 41.7 Å². The molecule has 43 heteroatoms. The summed E-state index contributed by atoms with van der Waals surface area (Å²) >= 11 is 0. The molecule has 1 saturated heterocycles. The molecule has 2 aromatic rings. The van der Waals surface area contributed by atoms with Crippen molar-refractivity contribution in [2.75, 3.05) is 96.2 Å². The Morgan fingerprint density at radius 1 is 0.556 bits per heavy atom. The van der Waals surface area contributed by atoms with Crippen LogP contribution in [-0.2, 0) is 68.6 Å². The molecule has 3 rings (SSSR count). The number of rotatable bonds is 49. The van der Waals surface area contributed by atoms with E-state index in [1.165, 1.54) is 6.20 Å². The Balaban J connectivity index is 1.61. The van der Waals surface area contributed by atoms with E-state index in [2.05, 4.69) is 88.7 Å². The molecule has 2 heterocycles. The van der Waals surface area contributed by atoms with Crippen molar-refractivity contribution in [1.82, 2.24) is 72.2 Å². The molecule has 0 bridgehead atoms. The van der Waals surface area contributed by atoms with Gasteiger partial charge in [-0.1, -0.05) is 58.9 Å². The Morgan fingerprint density at radius 2 is 1.05 bits per heavy atom. The van der Waals surface area contributed by atoms with Gasteiger partial charge >= 0.3 is 316 Å². The van der Waals surface area contributed by atoms with Gasteiger partial charge in [0.25, 0.3) is 0 Å². The van der Waals surface area contributed by atoms with Crippen LogP contribution in [0.15, 0.2) is 30.5 Å². The van der Waals surface area contributed by atoms with Crippen LogP contribution in [0.25, 0.3) is 0 Å². The van der Waals surface area contributed by atoms with Gasteiger partial charge in [-0.05, 0) is 67.2 Å². The molecule has 2 unspecified atom stereocenters. The fourth-order valence-electron chi connectivity index (χ4n) is 12.1. The second kappa shape index (κ2) is 46.3. The first-order valence-electron chi connectivity index (χ1n) is 35.4. The molecule has 18 N–H and O–H groups in total. The molecular formula is C65H109N14O25P3Si. The maximum Gasteiger partial charge on any atom is -0.0405 e. The number of carbonyl (C=O) groups excluding carboxylic acids is 7. The first-order chi connectivity index (χ1) is 50.4. The quantitative estimate of drug-likeness (QED) is 0.0225. The first-order valence-corrected chi connectivity index (χ1v) is 42.9. The van der Waals surface area contributed by atoms with Crippen LogP contribution in [0, 0.1) is 0 Å². The number of benzene rings is 1. The van der Waals surface area contributed by atoms with Crippen LogP contribution in [0.1, 0.15) is 154 Å². The van der Waals surface area contributed by atoms with Crippen molar-refractivity contribution >= 4 is 121 Å². The van der Waals surface area contributed by atoms with Gasteiger partial charge < -0.3 is 52.1 Å². The summed E-state index contributed by atoms with van der Waals surface area (Å²) in [4.78, 5) is 211. The molecule has 108 heavy (non-hydrogen) atoms. The number of carbonyl (C=O) groups is 14. The zero-order valence-corrected chi connectivity index (χ0v) is 65.8. The van der Waals surface area contributed by atoms with Crippen LogP contribution in [0.2, 0.25) is 10.1 Å². The third kappa shape index (κ3) is 38.2. The van der Waals surface area contributed by atoms with E-state index in [0.29, 0.717) is 38.6 Å². The van der Waals surface area contributed by atoms with Gasteiger partial charge in [0.05, 0.1) is 8.80 Å². The smallest absolute Gasteiger partial charge is 0.0405 e. The van der Waals surface area contributed by atoms with E-state index < -0.39 is 182 Å². The van der Waals surface area contributed by atoms with Crippen molar-refractivity contribution in [2.24, 2.45) is 0 Å². The van der Waals surface area contributed by atoms with Gasteiger partial charge in [0.2, 0.25) is 17.7 Å². The maximum absolute atomic E-state index is 14.2. The summed E-state index contributed by atoms with van der Waals surface area (Å²) in [5.74, 6) is -13.6. The summed E-state index contributed by atoms with van der Waals surface area (Å²) in [7, 11) is -9.44. The Bertz CT molecular complexity index is 3420.